The molecule has 0 spiro atoms. The molecule has 2 aliphatic carbocycles. The first-order valence-electron chi connectivity index (χ1n) is 10.2. The molecule has 0 bridgehead atoms. The number of rotatable bonds is 2. The second kappa shape index (κ2) is 7.05. The van der Waals surface area contributed by atoms with Crippen LogP contribution in [-0.4, -0.2) is 32.8 Å². The molecule has 0 unspecified atom stereocenters. The number of nitrogens with one attached hydrogen (secondary N) is 1. The third kappa shape index (κ3) is 3.18. The first kappa shape index (κ1) is 19.5. The summed E-state index contributed by atoms with van der Waals surface area (Å²) in [5.41, 5.74) is 4.52. The molecule has 0 radical (unpaired) electrons. The van der Waals surface area contributed by atoms with E-state index in [2.05, 4.69) is 27.8 Å². The predicted molar refractivity (Wildman–Crippen MR) is 110 cm³/mol. The molecular weight excluding hydrogens is 409 g/mol. The Morgan fingerprint density at radius 1 is 1.43 bits per heavy atom. The molecule has 1 aromatic heterocycles. The molecule has 3 atom stereocenters. The fraction of sp³-hybridized carbons (Fsp3) is 0.500. The maximum absolute atomic E-state index is 14.1. The fourth-order valence-electron chi connectivity index (χ4n) is 4.78. The van der Waals surface area contributed by atoms with Gasteiger partial charge in [-0.1, -0.05) is 13.0 Å². The maximum Gasteiger partial charge on any atom is 0.354 e. The van der Waals surface area contributed by atoms with Gasteiger partial charge in [0.1, 0.15) is 11.1 Å². The number of benzene rings is 1. The Labute approximate surface area is 174 Å². The van der Waals surface area contributed by atoms with Crippen molar-refractivity contribution in [1.29, 1.82) is 0 Å². The highest BCUT2D eigenvalue weighted by Crippen LogP contribution is 2.44. The largest absolute Gasteiger partial charge is 0.477 e. The number of halogens is 1. The van der Waals surface area contributed by atoms with Crippen LogP contribution in [0.5, 0.6) is 5.88 Å². The molecule has 0 saturated heterocycles. The number of fused-ring (bicyclic) bond motifs is 3. The molecule has 160 valence electrons. The lowest BCUT2D eigenvalue weighted by Gasteiger charge is -2.18. The summed E-state index contributed by atoms with van der Waals surface area (Å²) in [6, 6.07) is 1.26. The van der Waals surface area contributed by atoms with Crippen LogP contribution in [0.3, 0.4) is 0 Å². The number of aromatic nitrogens is 2. The summed E-state index contributed by atoms with van der Waals surface area (Å²) in [4.78, 5) is 12.9. The Morgan fingerprint density at radius 2 is 2.27 bits per heavy atom. The number of nitrogens with zero attached hydrogens (tertiary/aromatic N) is 3. The summed E-state index contributed by atoms with van der Waals surface area (Å²) >= 11 is 0. The van der Waals surface area contributed by atoms with Crippen LogP contribution in [0, 0.1) is 0 Å². The third-order valence-corrected chi connectivity index (χ3v) is 7.49. The average molecular weight is 434 g/mol. The SMILES string of the molecule is C[C@H]1CCc2cc3c(c(NC(=O)N=[S@@](N)(=O)c4cnn5c4OCCC5)c21)C[C@@H](F)C3. The van der Waals surface area contributed by atoms with E-state index in [-0.39, 0.29) is 17.2 Å². The monoisotopic (exact) mass is 433 g/mol. The summed E-state index contributed by atoms with van der Waals surface area (Å²) in [6.45, 7) is 3.18. The molecule has 1 aliphatic heterocycles. The van der Waals surface area contributed by atoms with Gasteiger partial charge in [0, 0.05) is 31.5 Å². The minimum absolute atomic E-state index is 0.109. The van der Waals surface area contributed by atoms with Crippen LogP contribution >= 0.6 is 0 Å². The third-order valence-electron chi connectivity index (χ3n) is 6.14. The molecule has 30 heavy (non-hydrogen) atoms. The minimum atomic E-state index is -3.55. The van der Waals surface area contributed by atoms with Crippen molar-refractivity contribution in [2.45, 2.75) is 62.6 Å². The Balaban J connectivity index is 1.51. The number of carbonyl (C=O) groups excluding carboxylic acids is 1. The maximum atomic E-state index is 14.1. The number of urea groups is 1. The molecule has 2 heterocycles. The van der Waals surface area contributed by atoms with E-state index in [1.807, 2.05) is 0 Å². The number of ether oxygens (including phenoxy) is 1. The van der Waals surface area contributed by atoms with Gasteiger partial charge in [-0.05, 0) is 41.0 Å². The van der Waals surface area contributed by atoms with Gasteiger partial charge in [0.05, 0.1) is 12.8 Å². The Morgan fingerprint density at radius 3 is 3.10 bits per heavy atom. The van der Waals surface area contributed by atoms with E-state index in [1.165, 1.54) is 6.20 Å². The van der Waals surface area contributed by atoms with Crippen LogP contribution in [0.4, 0.5) is 14.9 Å². The highest BCUT2D eigenvalue weighted by molar-refractivity contribution is 7.91. The van der Waals surface area contributed by atoms with Crippen LogP contribution in [0.25, 0.3) is 0 Å². The number of carbonyl (C=O) groups is 1. The molecule has 0 fully saturated rings. The Hall–Kier alpha value is -2.46. The van der Waals surface area contributed by atoms with Gasteiger partial charge in [-0.2, -0.15) is 5.10 Å². The van der Waals surface area contributed by atoms with Gasteiger partial charge in [0.25, 0.3) is 0 Å². The summed E-state index contributed by atoms with van der Waals surface area (Å²) in [6.07, 6.45) is 3.65. The van der Waals surface area contributed by atoms with Gasteiger partial charge in [0.15, 0.2) is 9.92 Å². The lowest BCUT2D eigenvalue weighted by molar-refractivity contribution is 0.224. The molecule has 8 nitrogen and oxygen atoms in total. The van der Waals surface area contributed by atoms with E-state index < -0.39 is 22.1 Å². The molecule has 0 saturated carbocycles. The Kier molecular flexibility index (Phi) is 4.59. The van der Waals surface area contributed by atoms with Gasteiger partial charge in [-0.25, -0.2) is 23.2 Å². The van der Waals surface area contributed by atoms with Crippen LogP contribution in [0.2, 0.25) is 0 Å². The second-order valence-corrected chi connectivity index (χ2v) is 10.00. The zero-order valence-corrected chi connectivity index (χ0v) is 17.5. The second-order valence-electron chi connectivity index (χ2n) is 8.24. The number of anilines is 1. The van der Waals surface area contributed by atoms with Crippen molar-refractivity contribution in [1.82, 2.24) is 9.78 Å². The van der Waals surface area contributed by atoms with Crippen molar-refractivity contribution in [3.05, 3.63) is 34.5 Å². The van der Waals surface area contributed by atoms with E-state index in [0.717, 1.165) is 41.5 Å². The number of hydrogen-bond donors (Lipinski definition) is 2. The number of aryl methyl sites for hydroxylation is 2. The van der Waals surface area contributed by atoms with Gasteiger partial charge >= 0.3 is 6.03 Å². The van der Waals surface area contributed by atoms with Crippen LogP contribution < -0.4 is 15.2 Å². The van der Waals surface area contributed by atoms with Crippen LogP contribution in [-0.2, 0) is 35.7 Å². The number of alkyl halides is 1. The average Bonchev–Trinajstić information content (AvgIpc) is 3.37. The van der Waals surface area contributed by atoms with E-state index in [9.17, 15) is 13.4 Å². The zero-order chi connectivity index (χ0) is 21.0. The van der Waals surface area contributed by atoms with Crippen molar-refractivity contribution < 1.29 is 18.1 Å². The summed E-state index contributed by atoms with van der Waals surface area (Å²) in [7, 11) is -3.55. The molecule has 1 aromatic carbocycles. The van der Waals surface area contributed by atoms with Gasteiger partial charge in [-0.3, -0.25) is 0 Å². The van der Waals surface area contributed by atoms with Crippen molar-refractivity contribution in [2.75, 3.05) is 11.9 Å². The van der Waals surface area contributed by atoms with Crippen molar-refractivity contribution in [3.63, 3.8) is 0 Å². The molecule has 10 heteroatoms. The van der Waals surface area contributed by atoms with Gasteiger partial charge in [0.2, 0.25) is 5.88 Å². The number of hydrogen-bond acceptors (Lipinski definition) is 4. The minimum Gasteiger partial charge on any atom is -0.477 e. The molecule has 2 amide bonds. The Bertz CT molecular complexity index is 1170. The zero-order valence-electron chi connectivity index (χ0n) is 16.7. The molecule has 3 aliphatic rings. The lowest BCUT2D eigenvalue weighted by Crippen LogP contribution is -2.21. The molecule has 2 aromatic rings. The van der Waals surface area contributed by atoms with Gasteiger partial charge < -0.3 is 10.1 Å². The van der Waals surface area contributed by atoms with E-state index in [0.29, 0.717) is 31.1 Å². The summed E-state index contributed by atoms with van der Waals surface area (Å²) < 4.78 is 38.1. The topological polar surface area (TPSA) is 112 Å². The number of nitrogens with two attached hydrogens (primary N) is 1. The highest BCUT2D eigenvalue weighted by atomic mass is 32.2. The number of amides is 2. The lowest BCUT2D eigenvalue weighted by atomic mass is 9.95. The summed E-state index contributed by atoms with van der Waals surface area (Å²) in [5, 5.41) is 12.9. The standard InChI is InChI=1S/C20H24FN5O3S/c1-11-3-4-12-7-13-8-14(21)9-15(13)18(17(11)12)24-20(27)25-30(22,28)16-10-23-26-5-2-6-29-19(16)26/h7,10-11,14H,2-6,8-9H2,1H3,(H3,22,24,25,27,28)/t11-,14-,30+/m0/s1. The highest BCUT2D eigenvalue weighted by Gasteiger charge is 2.32. The van der Waals surface area contributed by atoms with Gasteiger partial charge in [-0.15, -0.1) is 4.36 Å². The first-order valence-corrected chi connectivity index (χ1v) is 11.8. The van der Waals surface area contributed by atoms with Crippen LogP contribution in [0.1, 0.15) is 47.9 Å². The van der Waals surface area contributed by atoms with E-state index in [1.54, 1.807) is 4.68 Å². The quantitative estimate of drug-likeness (QED) is 0.758. The normalized spacial score (nSPS) is 23.7. The first-order chi connectivity index (χ1) is 14.3. The van der Waals surface area contributed by atoms with Crippen molar-refractivity contribution in [3.8, 4) is 5.88 Å². The molecule has 5 rings (SSSR count). The van der Waals surface area contributed by atoms with E-state index >= 15 is 0 Å². The fourth-order valence-corrected chi connectivity index (χ4v) is 5.79. The molecular formula is C20H24FN5O3S. The predicted octanol–water partition coefficient (Wildman–Crippen LogP) is 3.08. The smallest absolute Gasteiger partial charge is 0.354 e. The van der Waals surface area contributed by atoms with Crippen LogP contribution in [0.15, 0.2) is 21.5 Å². The molecule has 3 N–H and O–H groups in total. The van der Waals surface area contributed by atoms with Crippen molar-refractivity contribution in [2.24, 2.45) is 9.50 Å². The van der Waals surface area contributed by atoms with E-state index in [4.69, 9.17) is 9.88 Å². The van der Waals surface area contributed by atoms with Crippen molar-refractivity contribution >= 4 is 21.6 Å². The summed E-state index contributed by atoms with van der Waals surface area (Å²) in [5.74, 6) is 0.540.